The first kappa shape index (κ1) is 29.7. The Hall–Kier alpha value is -3.30. The van der Waals surface area contributed by atoms with Gasteiger partial charge in [-0.2, -0.15) is 0 Å². The molecule has 0 spiro atoms. The van der Waals surface area contributed by atoms with E-state index in [0.717, 1.165) is 6.92 Å². The third-order valence-corrected chi connectivity index (χ3v) is 4.43. The van der Waals surface area contributed by atoms with Gasteiger partial charge >= 0.3 is 5.97 Å². The summed E-state index contributed by atoms with van der Waals surface area (Å²) in [5.41, 5.74) is 21.2. The van der Waals surface area contributed by atoms with Gasteiger partial charge in [0, 0.05) is 0 Å². The third-order valence-electron chi connectivity index (χ3n) is 4.43. The molecule has 0 aromatic rings. The molecule has 5 unspecified atom stereocenters. The van der Waals surface area contributed by atoms with Gasteiger partial charge in [-0.15, -0.1) is 0 Å². The van der Waals surface area contributed by atoms with Crippen LogP contribution >= 0.6 is 0 Å². The number of amides is 5. The molecule has 0 heterocycles. The number of primary amides is 2. The van der Waals surface area contributed by atoms with E-state index in [1.54, 1.807) is 0 Å². The minimum Gasteiger partial charge on any atom is -0.480 e. The molecule has 0 aliphatic rings. The van der Waals surface area contributed by atoms with Crippen LogP contribution in [0.4, 0.5) is 0 Å². The van der Waals surface area contributed by atoms with Crippen molar-refractivity contribution in [3.05, 3.63) is 0 Å². The van der Waals surface area contributed by atoms with Crippen molar-refractivity contribution in [2.75, 3.05) is 6.54 Å². The SMILES string of the molecule is CC(O)C(NC(=O)C(CC(N)=O)NC(=O)C(N)CCCCN)C(=O)NC(CC(N)=O)C(=O)O. The summed E-state index contributed by atoms with van der Waals surface area (Å²) in [4.78, 5) is 70.9. The van der Waals surface area contributed by atoms with E-state index < -0.39 is 78.6 Å². The van der Waals surface area contributed by atoms with Crippen molar-refractivity contribution in [2.24, 2.45) is 22.9 Å². The molecule has 0 radical (unpaired) electrons. The molecule has 0 bridgehead atoms. The first-order valence-electron chi connectivity index (χ1n) is 10.1. The number of aliphatic hydroxyl groups is 1. The maximum atomic E-state index is 12.6. The van der Waals surface area contributed by atoms with Gasteiger partial charge in [-0.05, 0) is 26.3 Å². The van der Waals surface area contributed by atoms with E-state index in [9.17, 15) is 33.9 Å². The average molecular weight is 476 g/mol. The summed E-state index contributed by atoms with van der Waals surface area (Å²) >= 11 is 0. The summed E-state index contributed by atoms with van der Waals surface area (Å²) < 4.78 is 0. The number of aliphatic hydroxyl groups excluding tert-OH is 1. The predicted octanol–water partition coefficient (Wildman–Crippen LogP) is -4.89. The lowest BCUT2D eigenvalue weighted by atomic mass is 10.1. The van der Waals surface area contributed by atoms with Crippen LogP contribution in [0.3, 0.4) is 0 Å². The van der Waals surface area contributed by atoms with Crippen LogP contribution in [-0.2, 0) is 28.8 Å². The number of carbonyl (C=O) groups is 6. The van der Waals surface area contributed by atoms with Crippen LogP contribution in [-0.4, -0.2) is 82.5 Å². The van der Waals surface area contributed by atoms with Gasteiger partial charge in [0.2, 0.25) is 29.5 Å². The van der Waals surface area contributed by atoms with Crippen LogP contribution in [0.1, 0.15) is 39.0 Å². The van der Waals surface area contributed by atoms with Gasteiger partial charge in [-0.25, -0.2) is 4.79 Å². The normalized spacial score (nSPS) is 15.3. The van der Waals surface area contributed by atoms with Gasteiger partial charge in [0.25, 0.3) is 0 Å². The molecule has 0 saturated carbocycles. The zero-order chi connectivity index (χ0) is 25.7. The van der Waals surface area contributed by atoms with Gasteiger partial charge in [0.05, 0.1) is 25.0 Å². The van der Waals surface area contributed by atoms with Crippen LogP contribution < -0.4 is 38.9 Å². The van der Waals surface area contributed by atoms with Crippen molar-refractivity contribution in [3.63, 3.8) is 0 Å². The number of rotatable bonds is 16. The number of nitrogens with two attached hydrogens (primary N) is 4. The number of unbranched alkanes of at least 4 members (excludes halogenated alkanes) is 1. The monoisotopic (exact) mass is 475 g/mol. The van der Waals surface area contributed by atoms with E-state index in [1.165, 1.54) is 0 Å². The molecule has 0 aliphatic carbocycles. The van der Waals surface area contributed by atoms with Gasteiger partial charge in [0.15, 0.2) is 0 Å². The molecule has 0 saturated heterocycles. The smallest absolute Gasteiger partial charge is 0.326 e. The summed E-state index contributed by atoms with van der Waals surface area (Å²) in [5.74, 6) is -6.47. The standard InChI is InChI=1S/C18H33N7O8/c1-8(26)14(17(31)24-11(18(32)33)7-13(22)28)25-16(30)10(6-12(21)27)23-15(29)9(20)4-2-3-5-19/h8-11,14,26H,2-7,19-20H2,1H3,(H2,21,27)(H2,22,28)(H,23,29)(H,24,31)(H,25,30)(H,32,33). The number of hydrogen-bond donors (Lipinski definition) is 9. The largest absolute Gasteiger partial charge is 0.480 e. The Balaban J connectivity index is 5.38. The lowest BCUT2D eigenvalue weighted by Crippen LogP contribution is -2.60. The quantitative estimate of drug-likeness (QED) is 0.0958. The molecule has 5 atom stereocenters. The molecule has 0 fully saturated rings. The molecule has 15 heteroatoms. The van der Waals surface area contributed by atoms with Gasteiger partial charge in [-0.3, -0.25) is 24.0 Å². The van der Waals surface area contributed by atoms with Crippen LogP contribution in [0.15, 0.2) is 0 Å². The van der Waals surface area contributed by atoms with Crippen molar-refractivity contribution < 1.29 is 39.0 Å². The zero-order valence-electron chi connectivity index (χ0n) is 18.3. The fourth-order valence-electron chi connectivity index (χ4n) is 2.65. The van der Waals surface area contributed by atoms with E-state index in [4.69, 9.17) is 28.0 Å². The first-order chi connectivity index (χ1) is 15.3. The van der Waals surface area contributed by atoms with Crippen molar-refractivity contribution in [1.82, 2.24) is 16.0 Å². The second-order valence-electron chi connectivity index (χ2n) is 7.42. The number of carboxylic acid groups (broad SMARTS) is 1. The Morgan fingerprint density at radius 3 is 1.79 bits per heavy atom. The fourth-order valence-corrected chi connectivity index (χ4v) is 2.65. The predicted molar refractivity (Wildman–Crippen MR) is 114 cm³/mol. The van der Waals surface area contributed by atoms with Gasteiger partial charge in [0.1, 0.15) is 18.1 Å². The topological polar surface area (TPSA) is 283 Å². The molecule has 33 heavy (non-hydrogen) atoms. The highest BCUT2D eigenvalue weighted by Gasteiger charge is 2.33. The molecule has 0 aromatic heterocycles. The van der Waals surface area contributed by atoms with Crippen LogP contribution in [0, 0.1) is 0 Å². The number of nitrogens with one attached hydrogen (secondary N) is 3. The Morgan fingerprint density at radius 1 is 0.818 bits per heavy atom. The molecule has 15 nitrogen and oxygen atoms in total. The minimum absolute atomic E-state index is 0.267. The maximum Gasteiger partial charge on any atom is 0.326 e. The lowest BCUT2D eigenvalue weighted by Gasteiger charge is -2.26. The second kappa shape index (κ2) is 14.7. The summed E-state index contributed by atoms with van der Waals surface area (Å²) in [5, 5.41) is 25.4. The molecule has 5 amide bonds. The molecule has 0 aromatic carbocycles. The van der Waals surface area contributed by atoms with Gasteiger partial charge in [-0.1, -0.05) is 6.42 Å². The number of hydrogen-bond acceptors (Lipinski definition) is 9. The minimum atomic E-state index is -1.71. The van der Waals surface area contributed by atoms with E-state index in [-0.39, 0.29) is 6.42 Å². The summed E-state index contributed by atoms with van der Waals surface area (Å²) in [6, 6.07) is -5.93. The number of carbonyl (C=O) groups excluding carboxylic acids is 5. The lowest BCUT2D eigenvalue weighted by molar-refractivity contribution is -0.144. The molecule has 0 aliphatic heterocycles. The zero-order valence-corrected chi connectivity index (χ0v) is 18.3. The van der Waals surface area contributed by atoms with E-state index in [1.807, 2.05) is 5.32 Å². The molecular weight excluding hydrogens is 442 g/mol. The van der Waals surface area contributed by atoms with Crippen molar-refractivity contribution >= 4 is 35.5 Å². The molecular formula is C18H33N7O8. The highest BCUT2D eigenvalue weighted by molar-refractivity contribution is 5.96. The van der Waals surface area contributed by atoms with Gasteiger partial charge < -0.3 is 49.1 Å². The van der Waals surface area contributed by atoms with Crippen molar-refractivity contribution in [1.29, 1.82) is 0 Å². The molecule has 13 N–H and O–H groups in total. The van der Waals surface area contributed by atoms with Crippen molar-refractivity contribution in [2.45, 2.75) is 69.3 Å². The Labute approximate surface area is 190 Å². The van der Waals surface area contributed by atoms with Crippen LogP contribution in [0.2, 0.25) is 0 Å². The second-order valence-corrected chi connectivity index (χ2v) is 7.42. The summed E-state index contributed by atoms with van der Waals surface area (Å²) in [6.07, 6.45) is -1.45. The third kappa shape index (κ3) is 11.8. The maximum absolute atomic E-state index is 12.6. The highest BCUT2D eigenvalue weighted by atomic mass is 16.4. The summed E-state index contributed by atoms with van der Waals surface area (Å²) in [7, 11) is 0. The Bertz CT molecular complexity index is 731. The van der Waals surface area contributed by atoms with Crippen molar-refractivity contribution in [3.8, 4) is 0 Å². The Morgan fingerprint density at radius 2 is 1.33 bits per heavy atom. The van der Waals surface area contributed by atoms with E-state index >= 15 is 0 Å². The number of carboxylic acids is 1. The van der Waals surface area contributed by atoms with E-state index in [2.05, 4.69) is 10.6 Å². The average Bonchev–Trinajstić information content (AvgIpc) is 2.69. The van der Waals surface area contributed by atoms with Crippen LogP contribution in [0.25, 0.3) is 0 Å². The highest BCUT2D eigenvalue weighted by Crippen LogP contribution is 2.03. The molecule has 188 valence electrons. The first-order valence-corrected chi connectivity index (χ1v) is 10.1. The fraction of sp³-hybridized carbons (Fsp3) is 0.667. The number of aliphatic carboxylic acids is 1. The molecule has 0 rings (SSSR count). The summed E-state index contributed by atoms with van der Waals surface area (Å²) in [6.45, 7) is 1.54. The Kier molecular flexibility index (Phi) is 13.2. The van der Waals surface area contributed by atoms with Crippen LogP contribution in [0.5, 0.6) is 0 Å². The van der Waals surface area contributed by atoms with E-state index in [0.29, 0.717) is 19.4 Å².